The van der Waals surface area contributed by atoms with Crippen LogP contribution in [0.15, 0.2) is 12.1 Å². The molecule has 0 fully saturated rings. The van der Waals surface area contributed by atoms with Crippen molar-refractivity contribution in [2.75, 3.05) is 0 Å². The molecule has 6 heteroatoms. The maximum absolute atomic E-state index is 13.3. The predicted molar refractivity (Wildman–Crippen MR) is 62.4 cm³/mol. The van der Waals surface area contributed by atoms with Crippen LogP contribution in [0, 0.1) is 5.82 Å². The van der Waals surface area contributed by atoms with Gasteiger partial charge in [0, 0.05) is 5.02 Å². The zero-order valence-corrected chi connectivity index (χ0v) is 11.2. The smallest absolute Gasteiger partial charge is 0.190 e. The molecule has 0 aliphatic rings. The minimum atomic E-state index is -0.759. The minimum Gasteiger partial charge on any atom is -0.292 e. The first-order valence-electron chi connectivity index (χ1n) is 3.40. The molecule has 0 saturated heterocycles. The number of carbonyl (C=O) groups is 1. The second kappa shape index (κ2) is 4.92. The Morgan fingerprint density at radius 3 is 2.43 bits per heavy atom. The Balaban J connectivity index is 3.27. The molecule has 76 valence electrons. The van der Waals surface area contributed by atoms with Crippen LogP contribution in [-0.2, 0) is 0 Å². The van der Waals surface area contributed by atoms with E-state index in [1.54, 1.807) is 0 Å². The highest BCUT2D eigenvalue weighted by atomic mass is 79.9. The van der Waals surface area contributed by atoms with E-state index in [0.717, 1.165) is 0 Å². The van der Waals surface area contributed by atoms with Gasteiger partial charge in [0.25, 0.3) is 0 Å². The van der Waals surface area contributed by atoms with Crippen LogP contribution in [0.5, 0.6) is 0 Å². The Morgan fingerprint density at radius 1 is 1.36 bits per heavy atom. The molecule has 0 radical (unpaired) electrons. The standard InChI is InChI=1S/C8H3Br2Cl2FO/c9-8(10)7(14)4-1-3(11)2-5(12)6(4)13/h1-2,8H. The molecule has 1 aromatic carbocycles. The maximum atomic E-state index is 13.3. The van der Waals surface area contributed by atoms with E-state index >= 15 is 0 Å². The molecule has 1 aromatic rings. The Kier molecular flexibility index (Phi) is 4.37. The number of rotatable bonds is 2. The third-order valence-electron chi connectivity index (χ3n) is 1.46. The van der Waals surface area contributed by atoms with Gasteiger partial charge in [0.2, 0.25) is 0 Å². The van der Waals surface area contributed by atoms with Crippen LogP contribution < -0.4 is 0 Å². The second-order valence-corrected chi connectivity index (χ2v) is 6.32. The summed E-state index contributed by atoms with van der Waals surface area (Å²) in [6, 6.07) is 2.48. The molecule has 1 rings (SSSR count). The molecule has 0 aliphatic carbocycles. The number of hydrogen-bond donors (Lipinski definition) is 0. The van der Waals surface area contributed by atoms with E-state index in [2.05, 4.69) is 31.9 Å². The van der Waals surface area contributed by atoms with Crippen molar-refractivity contribution in [1.29, 1.82) is 0 Å². The quantitative estimate of drug-likeness (QED) is 0.431. The van der Waals surface area contributed by atoms with Gasteiger partial charge in [-0.25, -0.2) is 4.39 Å². The Hall–Kier alpha value is 0.360. The average molecular weight is 365 g/mol. The fourth-order valence-corrected chi connectivity index (χ4v) is 1.84. The normalized spacial score (nSPS) is 10.7. The number of halogens is 5. The van der Waals surface area contributed by atoms with E-state index in [4.69, 9.17) is 23.2 Å². The second-order valence-electron chi connectivity index (χ2n) is 2.41. The van der Waals surface area contributed by atoms with E-state index < -0.39 is 15.3 Å². The van der Waals surface area contributed by atoms with Gasteiger partial charge in [-0.05, 0) is 12.1 Å². The van der Waals surface area contributed by atoms with Crippen LogP contribution in [0.1, 0.15) is 10.4 Å². The minimum absolute atomic E-state index is 0.138. The molecule has 0 unspecified atom stereocenters. The summed E-state index contributed by atoms with van der Waals surface area (Å²) in [6.07, 6.45) is 0. The number of benzene rings is 1. The summed E-state index contributed by atoms with van der Waals surface area (Å²) in [5.74, 6) is -1.23. The van der Waals surface area contributed by atoms with E-state index in [9.17, 15) is 9.18 Å². The predicted octanol–water partition coefficient (Wildman–Crippen LogP) is 4.43. The third-order valence-corrected chi connectivity index (χ3v) is 2.78. The molecule has 0 heterocycles. The number of Topliss-reactive ketones (excluding diaryl/α,β-unsaturated/α-hetero) is 1. The van der Waals surface area contributed by atoms with Gasteiger partial charge in [-0.2, -0.15) is 0 Å². The van der Waals surface area contributed by atoms with E-state index in [0.29, 0.717) is 0 Å². The molecule has 1 nitrogen and oxygen atoms in total. The SMILES string of the molecule is O=C(c1cc(Cl)cc(Cl)c1F)C(Br)Br. The van der Waals surface area contributed by atoms with Crippen molar-refractivity contribution < 1.29 is 9.18 Å². The summed E-state index contributed by atoms with van der Waals surface area (Å²) in [4.78, 5) is 11.4. The Morgan fingerprint density at radius 2 is 1.93 bits per heavy atom. The first-order chi connectivity index (χ1) is 6.43. The zero-order valence-electron chi connectivity index (χ0n) is 6.53. The van der Waals surface area contributed by atoms with Gasteiger partial charge in [-0.1, -0.05) is 55.1 Å². The monoisotopic (exact) mass is 362 g/mol. The number of hydrogen-bond acceptors (Lipinski definition) is 1. The van der Waals surface area contributed by atoms with Crippen molar-refractivity contribution in [3.8, 4) is 0 Å². The van der Waals surface area contributed by atoms with E-state index in [1.165, 1.54) is 12.1 Å². The number of alkyl halides is 2. The lowest BCUT2D eigenvalue weighted by molar-refractivity contribution is 0.101. The van der Waals surface area contributed by atoms with Crippen LogP contribution in [-0.4, -0.2) is 9.52 Å². The van der Waals surface area contributed by atoms with Gasteiger partial charge in [-0.15, -0.1) is 0 Å². The third kappa shape index (κ3) is 2.69. The first kappa shape index (κ1) is 12.4. The van der Waals surface area contributed by atoms with Gasteiger partial charge in [0.1, 0.15) is 3.74 Å². The highest BCUT2D eigenvalue weighted by molar-refractivity contribution is 9.25. The average Bonchev–Trinajstić information content (AvgIpc) is 2.09. The lowest BCUT2D eigenvalue weighted by Crippen LogP contribution is -2.09. The van der Waals surface area contributed by atoms with Crippen LogP contribution in [0.2, 0.25) is 10.0 Å². The molecular formula is C8H3Br2Cl2FO. The topological polar surface area (TPSA) is 17.1 Å². The van der Waals surface area contributed by atoms with Crippen molar-refractivity contribution in [2.45, 2.75) is 3.74 Å². The summed E-state index contributed by atoms with van der Waals surface area (Å²) < 4.78 is 12.7. The lowest BCUT2D eigenvalue weighted by atomic mass is 10.1. The summed E-state index contributed by atoms with van der Waals surface area (Å²) in [7, 11) is 0. The molecule has 0 aliphatic heterocycles. The van der Waals surface area contributed by atoms with Crippen LogP contribution >= 0.6 is 55.1 Å². The maximum Gasteiger partial charge on any atom is 0.190 e. The van der Waals surface area contributed by atoms with Gasteiger partial charge in [0.05, 0.1) is 10.6 Å². The highest BCUT2D eigenvalue weighted by Crippen LogP contribution is 2.26. The summed E-state index contributed by atoms with van der Waals surface area (Å²) >= 11 is 17.1. The lowest BCUT2D eigenvalue weighted by Gasteiger charge is -2.05. The van der Waals surface area contributed by atoms with E-state index in [-0.39, 0.29) is 15.6 Å². The highest BCUT2D eigenvalue weighted by Gasteiger charge is 2.20. The Bertz CT molecular complexity index is 382. The van der Waals surface area contributed by atoms with Crippen LogP contribution in [0.4, 0.5) is 4.39 Å². The van der Waals surface area contributed by atoms with Crippen molar-refractivity contribution >= 4 is 60.8 Å². The molecular weight excluding hydrogens is 362 g/mol. The van der Waals surface area contributed by atoms with Gasteiger partial charge < -0.3 is 0 Å². The van der Waals surface area contributed by atoms with Crippen molar-refractivity contribution in [1.82, 2.24) is 0 Å². The summed E-state index contributed by atoms with van der Waals surface area (Å²) in [6.45, 7) is 0. The molecule has 0 aromatic heterocycles. The van der Waals surface area contributed by atoms with Crippen LogP contribution in [0.3, 0.4) is 0 Å². The summed E-state index contributed by atoms with van der Waals surface area (Å²) in [5, 5.41) is 0.0573. The molecule has 0 spiro atoms. The first-order valence-corrected chi connectivity index (χ1v) is 5.99. The van der Waals surface area contributed by atoms with Gasteiger partial charge >= 0.3 is 0 Å². The van der Waals surface area contributed by atoms with Gasteiger partial charge in [0.15, 0.2) is 11.6 Å². The number of carbonyl (C=O) groups excluding carboxylic acids is 1. The fraction of sp³-hybridized carbons (Fsp3) is 0.125. The van der Waals surface area contributed by atoms with E-state index in [1.807, 2.05) is 0 Å². The molecule has 0 saturated carbocycles. The molecule has 0 amide bonds. The Labute approximate surface area is 107 Å². The zero-order chi connectivity index (χ0) is 10.9. The largest absolute Gasteiger partial charge is 0.292 e. The summed E-state index contributed by atoms with van der Waals surface area (Å²) in [5.41, 5.74) is -0.138. The van der Waals surface area contributed by atoms with Gasteiger partial charge in [-0.3, -0.25) is 4.79 Å². The molecule has 0 atom stereocenters. The van der Waals surface area contributed by atoms with Crippen molar-refractivity contribution in [3.05, 3.63) is 33.6 Å². The molecule has 0 bridgehead atoms. The van der Waals surface area contributed by atoms with Crippen molar-refractivity contribution in [2.24, 2.45) is 0 Å². The molecule has 14 heavy (non-hydrogen) atoms. The number of ketones is 1. The fourth-order valence-electron chi connectivity index (χ4n) is 0.853. The van der Waals surface area contributed by atoms with Crippen LogP contribution in [0.25, 0.3) is 0 Å². The molecule has 0 N–H and O–H groups in total. The van der Waals surface area contributed by atoms with Crippen molar-refractivity contribution in [3.63, 3.8) is 0 Å².